The second kappa shape index (κ2) is 49.0. The number of rotatable bonds is 48. The molecule has 0 saturated carbocycles. The van der Waals surface area contributed by atoms with Crippen molar-refractivity contribution in [1.29, 1.82) is 0 Å². The van der Waals surface area contributed by atoms with Gasteiger partial charge in [-0.1, -0.05) is 222 Å². The molecule has 8 unspecified atom stereocenters. The summed E-state index contributed by atoms with van der Waals surface area (Å²) >= 11 is 0. The maximum absolute atomic E-state index is 13.3. The van der Waals surface area contributed by atoms with E-state index >= 15 is 0 Å². The third-order valence-electron chi connectivity index (χ3n) is 13.3. The van der Waals surface area contributed by atoms with Crippen molar-refractivity contribution >= 4 is 11.9 Å². The Hall–Kier alpha value is -2.90. The van der Waals surface area contributed by atoms with Gasteiger partial charge in [-0.2, -0.15) is 0 Å². The topological polar surface area (TPSA) is 175 Å². The average Bonchev–Trinajstić information content (AvgIpc) is 3.38. The third-order valence-corrected chi connectivity index (χ3v) is 13.3. The van der Waals surface area contributed by atoms with Gasteiger partial charge in [0.1, 0.15) is 24.4 Å². The number of nitrogens with one attached hydrogen (secondary N) is 1. The molecule has 1 aliphatic heterocycles. The number of aliphatic hydroxyl groups excluding tert-OH is 5. The molecule has 11 nitrogen and oxygen atoms in total. The van der Waals surface area contributed by atoms with Crippen molar-refractivity contribution in [3.63, 3.8) is 0 Å². The number of esters is 1. The molecule has 1 rings (SSSR count). The molecule has 0 spiro atoms. The van der Waals surface area contributed by atoms with Crippen LogP contribution in [0.25, 0.3) is 0 Å². The lowest BCUT2D eigenvalue weighted by atomic mass is 9.99. The van der Waals surface area contributed by atoms with Gasteiger partial charge < -0.3 is 45.1 Å². The molecule has 1 fully saturated rings. The van der Waals surface area contributed by atoms with Crippen molar-refractivity contribution in [3.05, 3.63) is 72.9 Å². The van der Waals surface area contributed by atoms with E-state index in [4.69, 9.17) is 14.2 Å². The minimum atomic E-state index is -1.63. The number of aliphatic hydroxyl groups is 5. The second-order valence-electron chi connectivity index (χ2n) is 20.0. The Balaban J connectivity index is 2.74. The molecule has 416 valence electrons. The summed E-state index contributed by atoms with van der Waals surface area (Å²) in [6, 6.07) is -1.06. The van der Waals surface area contributed by atoms with Crippen LogP contribution >= 0.6 is 0 Å². The van der Waals surface area contributed by atoms with E-state index in [-0.39, 0.29) is 19.4 Å². The van der Waals surface area contributed by atoms with Crippen LogP contribution in [0.2, 0.25) is 0 Å². The van der Waals surface area contributed by atoms with Crippen molar-refractivity contribution in [2.45, 2.75) is 288 Å². The molecule has 0 aromatic carbocycles. The number of ether oxygens (including phenoxy) is 3. The summed E-state index contributed by atoms with van der Waals surface area (Å²) in [6.07, 6.45) is 51.0. The fourth-order valence-corrected chi connectivity index (χ4v) is 8.64. The number of hydrogen-bond donors (Lipinski definition) is 6. The van der Waals surface area contributed by atoms with E-state index in [1.807, 2.05) is 12.2 Å². The highest BCUT2D eigenvalue weighted by Crippen LogP contribution is 2.26. The van der Waals surface area contributed by atoms with Gasteiger partial charge in [0.15, 0.2) is 12.4 Å². The molecule has 1 amide bonds. The molecular weight excluding hydrogens is 907 g/mol. The maximum Gasteiger partial charge on any atom is 0.306 e. The van der Waals surface area contributed by atoms with Crippen molar-refractivity contribution in [1.82, 2.24) is 5.32 Å². The first-order valence-electron chi connectivity index (χ1n) is 29.2. The highest BCUT2D eigenvalue weighted by molar-refractivity contribution is 5.81. The highest BCUT2D eigenvalue weighted by atomic mass is 16.7. The lowest BCUT2D eigenvalue weighted by Crippen LogP contribution is -2.61. The molecule has 8 atom stereocenters. The van der Waals surface area contributed by atoms with Crippen LogP contribution in [0.4, 0.5) is 0 Å². The molecule has 0 radical (unpaired) electrons. The summed E-state index contributed by atoms with van der Waals surface area (Å²) in [7, 11) is 0. The zero-order valence-electron chi connectivity index (χ0n) is 45.8. The summed E-state index contributed by atoms with van der Waals surface area (Å²) in [4.78, 5) is 26.4. The summed E-state index contributed by atoms with van der Waals surface area (Å²) in [6.45, 7) is 5.69. The quantitative estimate of drug-likeness (QED) is 0.0195. The summed E-state index contributed by atoms with van der Waals surface area (Å²) in [5.41, 5.74) is 0. The molecule has 0 bridgehead atoms. The lowest BCUT2D eigenvalue weighted by molar-refractivity contribution is -0.305. The summed E-state index contributed by atoms with van der Waals surface area (Å²) < 4.78 is 17.5. The standard InChI is InChI=1S/C61H107NO10/c1-4-7-10-13-16-19-22-25-26-27-28-29-30-31-34-37-40-43-46-49-56(66)72-59-58(68)57(67)55(50-63)71-61(59)70-51-52(53(64)47-44-41-38-35-32-23-20-17-14-11-8-5-2)62-60(69)54(65)48-45-42-39-36-33-24-21-18-15-12-9-6-3/h16,19,25-26,28-29,33,36,42,44-45,47,52-55,57-59,61,63-65,67-68H,4-15,17-18,20-24,27,30-32,34-35,37-41,43,46,48-51H2,1-3H3,(H,62,69)/b19-16-,26-25-,29-28-,36-33-,45-42+,47-44+. The van der Waals surface area contributed by atoms with E-state index in [1.54, 1.807) is 12.2 Å². The second-order valence-corrected chi connectivity index (χ2v) is 20.0. The average molecular weight is 1010 g/mol. The number of amides is 1. The van der Waals surface area contributed by atoms with Gasteiger partial charge in [0, 0.05) is 12.8 Å². The summed E-state index contributed by atoms with van der Waals surface area (Å²) in [5.74, 6) is -1.28. The zero-order valence-corrected chi connectivity index (χ0v) is 45.8. The van der Waals surface area contributed by atoms with Gasteiger partial charge in [-0.25, -0.2) is 0 Å². The molecular formula is C61H107NO10. The molecule has 0 aromatic rings. The van der Waals surface area contributed by atoms with E-state index in [0.29, 0.717) is 12.8 Å². The smallest absolute Gasteiger partial charge is 0.306 e. The molecule has 72 heavy (non-hydrogen) atoms. The van der Waals surface area contributed by atoms with Gasteiger partial charge in [0.2, 0.25) is 5.91 Å². The predicted molar refractivity (Wildman–Crippen MR) is 296 cm³/mol. The fraction of sp³-hybridized carbons (Fsp3) is 0.770. The molecule has 1 aliphatic rings. The van der Waals surface area contributed by atoms with E-state index in [9.17, 15) is 35.1 Å². The van der Waals surface area contributed by atoms with Crippen molar-refractivity contribution in [2.75, 3.05) is 13.2 Å². The minimum Gasteiger partial charge on any atom is -0.454 e. The van der Waals surface area contributed by atoms with Gasteiger partial charge >= 0.3 is 5.97 Å². The zero-order chi connectivity index (χ0) is 52.5. The van der Waals surface area contributed by atoms with Crippen LogP contribution in [0.3, 0.4) is 0 Å². The number of carbonyl (C=O) groups excluding carboxylic acids is 2. The van der Waals surface area contributed by atoms with E-state index < -0.39 is 67.4 Å². The summed E-state index contributed by atoms with van der Waals surface area (Å²) in [5, 5.41) is 56.7. The van der Waals surface area contributed by atoms with Crippen LogP contribution < -0.4 is 5.32 Å². The maximum atomic E-state index is 13.3. The van der Waals surface area contributed by atoms with Crippen LogP contribution in [0.15, 0.2) is 72.9 Å². The highest BCUT2D eigenvalue weighted by Gasteiger charge is 2.47. The van der Waals surface area contributed by atoms with E-state index in [1.165, 1.54) is 109 Å². The Bertz CT molecular complexity index is 1440. The van der Waals surface area contributed by atoms with Crippen LogP contribution in [0, 0.1) is 0 Å². The first kappa shape index (κ1) is 67.1. The number of hydrogen-bond acceptors (Lipinski definition) is 10. The lowest BCUT2D eigenvalue weighted by Gasteiger charge is -2.41. The monoisotopic (exact) mass is 1010 g/mol. The van der Waals surface area contributed by atoms with Crippen molar-refractivity contribution in [2.24, 2.45) is 0 Å². The molecule has 1 heterocycles. The number of carbonyl (C=O) groups is 2. The van der Waals surface area contributed by atoms with Crippen LogP contribution in [-0.2, 0) is 23.8 Å². The van der Waals surface area contributed by atoms with Crippen molar-refractivity contribution in [3.8, 4) is 0 Å². The molecule has 0 aliphatic carbocycles. The Kier molecular flexibility index (Phi) is 45.7. The van der Waals surface area contributed by atoms with Gasteiger partial charge in [-0.3, -0.25) is 9.59 Å². The normalized spacial score (nSPS) is 20.0. The Labute approximate surface area is 439 Å². The van der Waals surface area contributed by atoms with Crippen LogP contribution in [0.5, 0.6) is 0 Å². The van der Waals surface area contributed by atoms with Gasteiger partial charge in [-0.05, 0) is 77.0 Å². The Morgan fingerprint density at radius 2 is 0.958 bits per heavy atom. The van der Waals surface area contributed by atoms with E-state index in [0.717, 1.165) is 83.5 Å². The Morgan fingerprint density at radius 1 is 0.542 bits per heavy atom. The molecule has 6 N–H and O–H groups in total. The van der Waals surface area contributed by atoms with E-state index in [2.05, 4.69) is 74.7 Å². The minimum absolute atomic E-state index is 0.0786. The number of allylic oxidation sites excluding steroid dienone is 10. The largest absolute Gasteiger partial charge is 0.454 e. The van der Waals surface area contributed by atoms with Gasteiger partial charge in [0.05, 0.1) is 25.4 Å². The van der Waals surface area contributed by atoms with Gasteiger partial charge in [-0.15, -0.1) is 0 Å². The predicted octanol–water partition coefficient (Wildman–Crippen LogP) is 13.2. The number of unbranched alkanes of at least 4 members (excludes halogenated alkanes) is 25. The molecule has 1 saturated heterocycles. The molecule has 0 aromatic heterocycles. The first-order chi connectivity index (χ1) is 35.2. The van der Waals surface area contributed by atoms with Crippen LogP contribution in [0.1, 0.15) is 239 Å². The van der Waals surface area contributed by atoms with Crippen LogP contribution in [-0.4, -0.2) is 99.6 Å². The molecule has 11 heteroatoms. The fourth-order valence-electron chi connectivity index (χ4n) is 8.64. The SMILES string of the molecule is CCCCC/C=C\C/C=C\C/C=C\CCCCCCCCC(=O)OC1C(OCC(NC(=O)C(O)C/C=C/C/C=C\CCCCCCCC)C(O)/C=C/CCCCCCCCCCCC)OC(CO)C(O)C1O. The first-order valence-corrected chi connectivity index (χ1v) is 29.2. The van der Waals surface area contributed by atoms with Gasteiger partial charge in [0.25, 0.3) is 0 Å². The van der Waals surface area contributed by atoms with Crippen molar-refractivity contribution < 1.29 is 49.3 Å². The Morgan fingerprint density at radius 3 is 1.46 bits per heavy atom. The third kappa shape index (κ3) is 36.9.